The molecule has 0 amide bonds. The van der Waals surface area contributed by atoms with E-state index in [9.17, 15) is 14.4 Å². The summed E-state index contributed by atoms with van der Waals surface area (Å²) >= 11 is 0. The van der Waals surface area contributed by atoms with Crippen molar-refractivity contribution in [2.75, 3.05) is 14.2 Å². The highest BCUT2D eigenvalue weighted by Crippen LogP contribution is 2.26. The number of nitrogens with zero attached hydrogens (tertiary/aromatic N) is 2. The van der Waals surface area contributed by atoms with Crippen molar-refractivity contribution in [2.24, 2.45) is 7.05 Å². The largest absolute Gasteiger partial charge is 0.465 e. The topological polar surface area (TPSA) is 87.5 Å². The van der Waals surface area contributed by atoms with Gasteiger partial charge >= 0.3 is 11.9 Å². The van der Waals surface area contributed by atoms with Crippen LogP contribution in [0.2, 0.25) is 0 Å². The van der Waals surface area contributed by atoms with Gasteiger partial charge in [0.05, 0.1) is 36.4 Å². The lowest BCUT2D eigenvalue weighted by Gasteiger charge is -2.10. The molecule has 7 heteroatoms. The highest BCUT2D eigenvalue weighted by molar-refractivity contribution is 6.00. The van der Waals surface area contributed by atoms with Gasteiger partial charge in [0.25, 0.3) is 5.56 Å². The van der Waals surface area contributed by atoms with E-state index in [4.69, 9.17) is 4.74 Å². The van der Waals surface area contributed by atoms with E-state index in [-0.39, 0.29) is 5.56 Å². The van der Waals surface area contributed by atoms with Crippen molar-refractivity contribution in [1.82, 2.24) is 9.78 Å². The predicted molar refractivity (Wildman–Crippen MR) is 95.1 cm³/mol. The number of methoxy groups -OCH3 is 2. The van der Waals surface area contributed by atoms with Crippen LogP contribution in [0.4, 0.5) is 0 Å². The summed E-state index contributed by atoms with van der Waals surface area (Å²) in [5.41, 5.74) is 1.67. The SMILES string of the molecule is COC(=O)c1ccc(-c2nn(C)c(=O)c3ccc(C(=O)OC)cc23)cc1. The Morgan fingerprint density at radius 1 is 0.885 bits per heavy atom. The lowest BCUT2D eigenvalue weighted by atomic mass is 10.0. The Balaban J connectivity index is 2.24. The van der Waals surface area contributed by atoms with E-state index < -0.39 is 11.9 Å². The molecule has 0 aliphatic heterocycles. The van der Waals surface area contributed by atoms with Crippen molar-refractivity contribution >= 4 is 22.7 Å². The van der Waals surface area contributed by atoms with Crippen LogP contribution in [0, 0.1) is 0 Å². The van der Waals surface area contributed by atoms with Crippen LogP contribution in [0.3, 0.4) is 0 Å². The maximum atomic E-state index is 12.4. The highest BCUT2D eigenvalue weighted by Gasteiger charge is 2.15. The molecule has 0 bridgehead atoms. The second kappa shape index (κ2) is 6.79. The molecule has 0 unspecified atom stereocenters. The number of hydrogen-bond acceptors (Lipinski definition) is 6. The molecular formula is C19H16N2O5. The van der Waals surface area contributed by atoms with E-state index in [1.807, 2.05) is 0 Å². The maximum absolute atomic E-state index is 12.4. The van der Waals surface area contributed by atoms with Gasteiger partial charge < -0.3 is 9.47 Å². The Bertz CT molecular complexity index is 1070. The van der Waals surface area contributed by atoms with E-state index in [2.05, 4.69) is 9.84 Å². The van der Waals surface area contributed by atoms with Crippen molar-refractivity contribution in [2.45, 2.75) is 0 Å². The van der Waals surface area contributed by atoms with Gasteiger partial charge in [0, 0.05) is 18.0 Å². The summed E-state index contributed by atoms with van der Waals surface area (Å²) < 4.78 is 10.7. The predicted octanol–water partition coefficient (Wildman–Crippen LogP) is 2.17. The van der Waals surface area contributed by atoms with Gasteiger partial charge in [-0.05, 0) is 30.3 Å². The van der Waals surface area contributed by atoms with Crippen molar-refractivity contribution in [3.63, 3.8) is 0 Å². The number of esters is 2. The Kier molecular flexibility index (Phi) is 4.53. The minimum absolute atomic E-state index is 0.272. The molecule has 0 atom stereocenters. The summed E-state index contributed by atoms with van der Waals surface area (Å²) in [6.07, 6.45) is 0. The zero-order valence-electron chi connectivity index (χ0n) is 14.5. The van der Waals surface area contributed by atoms with Crippen LogP contribution in [0.15, 0.2) is 47.3 Å². The molecule has 1 aromatic heterocycles. The van der Waals surface area contributed by atoms with Crippen molar-refractivity contribution in [1.29, 1.82) is 0 Å². The second-order valence-corrected chi connectivity index (χ2v) is 5.60. The molecule has 2 aromatic carbocycles. The van der Waals surface area contributed by atoms with Crippen LogP contribution in [-0.2, 0) is 16.5 Å². The molecule has 0 saturated heterocycles. The first-order chi connectivity index (χ1) is 12.5. The number of benzene rings is 2. The third kappa shape index (κ3) is 2.95. The lowest BCUT2D eigenvalue weighted by molar-refractivity contribution is 0.0592. The zero-order chi connectivity index (χ0) is 18.8. The first kappa shape index (κ1) is 17.3. The first-order valence-electron chi connectivity index (χ1n) is 7.74. The molecule has 0 saturated carbocycles. The second-order valence-electron chi connectivity index (χ2n) is 5.60. The molecular weight excluding hydrogens is 336 g/mol. The average Bonchev–Trinajstić information content (AvgIpc) is 2.69. The Labute approximate surface area is 148 Å². The quantitative estimate of drug-likeness (QED) is 0.672. The van der Waals surface area contributed by atoms with Crippen molar-refractivity contribution in [3.8, 4) is 11.3 Å². The molecule has 3 aromatic rings. The monoisotopic (exact) mass is 352 g/mol. The normalized spacial score (nSPS) is 10.6. The molecule has 0 radical (unpaired) electrons. The van der Waals surface area contributed by atoms with E-state index in [1.54, 1.807) is 49.5 Å². The molecule has 0 aliphatic rings. The molecule has 7 nitrogen and oxygen atoms in total. The smallest absolute Gasteiger partial charge is 0.337 e. The molecule has 132 valence electrons. The summed E-state index contributed by atoms with van der Waals surface area (Å²) in [6, 6.07) is 11.4. The summed E-state index contributed by atoms with van der Waals surface area (Å²) in [5.74, 6) is -0.942. The molecule has 1 heterocycles. The van der Waals surface area contributed by atoms with Crippen LogP contribution in [-0.4, -0.2) is 35.9 Å². The third-order valence-corrected chi connectivity index (χ3v) is 4.05. The van der Waals surface area contributed by atoms with Crippen LogP contribution in [0.1, 0.15) is 20.7 Å². The Morgan fingerprint density at radius 3 is 2.08 bits per heavy atom. The molecule has 26 heavy (non-hydrogen) atoms. The summed E-state index contributed by atoms with van der Waals surface area (Å²) in [5, 5.41) is 5.29. The van der Waals surface area contributed by atoms with Crippen LogP contribution < -0.4 is 5.56 Å². The van der Waals surface area contributed by atoms with Gasteiger partial charge in [-0.15, -0.1) is 0 Å². The van der Waals surface area contributed by atoms with Crippen LogP contribution in [0.5, 0.6) is 0 Å². The molecule has 0 aliphatic carbocycles. The number of fused-ring (bicyclic) bond motifs is 1. The van der Waals surface area contributed by atoms with Gasteiger partial charge in [0.2, 0.25) is 0 Å². The van der Waals surface area contributed by atoms with Gasteiger partial charge in [-0.3, -0.25) is 4.79 Å². The Hall–Kier alpha value is -3.48. The number of carbonyl (C=O) groups excluding carboxylic acids is 2. The first-order valence-corrected chi connectivity index (χ1v) is 7.74. The number of rotatable bonds is 3. The molecule has 0 fully saturated rings. The summed E-state index contributed by atoms with van der Waals surface area (Å²) in [7, 11) is 4.16. The van der Waals surface area contributed by atoms with Crippen LogP contribution >= 0.6 is 0 Å². The van der Waals surface area contributed by atoms with E-state index in [1.165, 1.54) is 18.9 Å². The van der Waals surface area contributed by atoms with Crippen molar-refractivity contribution < 1.29 is 19.1 Å². The minimum Gasteiger partial charge on any atom is -0.465 e. The van der Waals surface area contributed by atoms with Crippen LogP contribution in [0.25, 0.3) is 22.0 Å². The Morgan fingerprint density at radius 2 is 1.46 bits per heavy atom. The fraction of sp³-hybridized carbons (Fsp3) is 0.158. The maximum Gasteiger partial charge on any atom is 0.337 e. The highest BCUT2D eigenvalue weighted by atomic mass is 16.5. The van der Waals surface area contributed by atoms with Crippen molar-refractivity contribution in [3.05, 3.63) is 63.9 Å². The van der Waals surface area contributed by atoms with E-state index in [0.717, 1.165) is 0 Å². The molecule has 0 N–H and O–H groups in total. The van der Waals surface area contributed by atoms with Gasteiger partial charge in [-0.25, -0.2) is 14.3 Å². The standard InChI is InChI=1S/C19H16N2O5/c1-21-17(22)14-9-8-13(19(24)26-3)10-15(14)16(20-21)11-4-6-12(7-5-11)18(23)25-2/h4-10H,1-3H3. The number of ether oxygens (including phenoxy) is 2. The fourth-order valence-corrected chi connectivity index (χ4v) is 2.69. The lowest BCUT2D eigenvalue weighted by Crippen LogP contribution is -2.20. The summed E-state index contributed by atoms with van der Waals surface area (Å²) in [6.45, 7) is 0. The number of aryl methyl sites for hydroxylation is 1. The van der Waals surface area contributed by atoms with E-state index in [0.29, 0.717) is 33.2 Å². The molecule has 3 rings (SSSR count). The fourth-order valence-electron chi connectivity index (χ4n) is 2.69. The van der Waals surface area contributed by atoms with Gasteiger partial charge in [0.1, 0.15) is 0 Å². The number of aromatic nitrogens is 2. The summed E-state index contributed by atoms with van der Waals surface area (Å²) in [4.78, 5) is 35.8. The van der Waals surface area contributed by atoms with Gasteiger partial charge in [-0.2, -0.15) is 5.10 Å². The molecule has 0 spiro atoms. The minimum atomic E-state index is -0.500. The van der Waals surface area contributed by atoms with Gasteiger partial charge in [-0.1, -0.05) is 12.1 Å². The van der Waals surface area contributed by atoms with Gasteiger partial charge in [0.15, 0.2) is 0 Å². The zero-order valence-corrected chi connectivity index (χ0v) is 14.5. The third-order valence-electron chi connectivity index (χ3n) is 4.05. The number of hydrogen-bond donors (Lipinski definition) is 0. The number of carbonyl (C=O) groups is 2. The van der Waals surface area contributed by atoms with E-state index >= 15 is 0 Å². The average molecular weight is 352 g/mol.